The molecule has 0 aromatic heterocycles. The predicted molar refractivity (Wildman–Crippen MR) is 96.5 cm³/mol. The van der Waals surface area contributed by atoms with Crippen LogP contribution in [-0.2, 0) is 9.59 Å². The van der Waals surface area contributed by atoms with Crippen LogP contribution in [-0.4, -0.2) is 42.9 Å². The quantitative estimate of drug-likeness (QED) is 0.741. The van der Waals surface area contributed by atoms with E-state index in [2.05, 4.69) is 5.32 Å². The van der Waals surface area contributed by atoms with Crippen LogP contribution >= 0.6 is 12.4 Å². The van der Waals surface area contributed by atoms with E-state index in [1.165, 1.54) is 0 Å². The number of carbonyl (C=O) groups excluding carboxylic acids is 2. The summed E-state index contributed by atoms with van der Waals surface area (Å²) in [5.74, 6) is 0.637. The van der Waals surface area contributed by atoms with Crippen LogP contribution in [0.1, 0.15) is 53.4 Å². The molecule has 3 N–H and O–H groups in total. The molecule has 1 unspecified atom stereocenters. The number of piperidine rings is 1. The summed E-state index contributed by atoms with van der Waals surface area (Å²) in [6.07, 6.45) is 3.63. The van der Waals surface area contributed by atoms with Gasteiger partial charge >= 0.3 is 0 Å². The van der Waals surface area contributed by atoms with Gasteiger partial charge in [0.05, 0.1) is 5.41 Å². The lowest BCUT2D eigenvalue weighted by Crippen LogP contribution is -2.52. The molecule has 1 rings (SSSR count). The Labute approximate surface area is 147 Å². The number of likely N-dealkylation sites (tertiary alicyclic amines) is 1. The smallest absolute Gasteiger partial charge is 0.230 e. The van der Waals surface area contributed by atoms with Gasteiger partial charge in [-0.1, -0.05) is 27.7 Å². The Morgan fingerprint density at radius 1 is 1.30 bits per heavy atom. The molecule has 1 aliphatic rings. The van der Waals surface area contributed by atoms with Crippen LogP contribution in [0.25, 0.3) is 0 Å². The summed E-state index contributed by atoms with van der Waals surface area (Å²) in [5.41, 5.74) is 5.48. The summed E-state index contributed by atoms with van der Waals surface area (Å²) < 4.78 is 0. The monoisotopic (exact) mass is 347 g/mol. The second-order valence-electron chi connectivity index (χ2n) is 6.85. The zero-order chi connectivity index (χ0) is 16.8. The van der Waals surface area contributed by atoms with Gasteiger partial charge in [0.25, 0.3) is 0 Å². The second kappa shape index (κ2) is 10.1. The van der Waals surface area contributed by atoms with Crippen molar-refractivity contribution in [2.45, 2.75) is 53.4 Å². The van der Waals surface area contributed by atoms with Gasteiger partial charge in [0.15, 0.2) is 0 Å². The normalized spacial score (nSPS) is 18.5. The molecule has 6 heteroatoms. The molecule has 0 aliphatic carbocycles. The Balaban J connectivity index is 0.00000484. The van der Waals surface area contributed by atoms with Crippen molar-refractivity contribution >= 4 is 24.2 Å². The maximum Gasteiger partial charge on any atom is 0.230 e. The molecular weight excluding hydrogens is 314 g/mol. The van der Waals surface area contributed by atoms with Gasteiger partial charge in [-0.15, -0.1) is 12.4 Å². The molecule has 1 heterocycles. The predicted octanol–water partition coefficient (Wildman–Crippen LogP) is 2.18. The lowest BCUT2D eigenvalue weighted by atomic mass is 9.80. The van der Waals surface area contributed by atoms with Crippen molar-refractivity contribution in [2.75, 3.05) is 26.2 Å². The molecule has 1 atom stereocenters. The number of halogens is 1. The summed E-state index contributed by atoms with van der Waals surface area (Å²) in [6, 6.07) is 0. The van der Waals surface area contributed by atoms with Crippen molar-refractivity contribution in [3.63, 3.8) is 0 Å². The van der Waals surface area contributed by atoms with Crippen LogP contribution in [0, 0.1) is 17.3 Å². The molecule has 0 spiro atoms. The minimum Gasteiger partial charge on any atom is -0.356 e. The Hall–Kier alpha value is -0.810. The van der Waals surface area contributed by atoms with Gasteiger partial charge in [-0.25, -0.2) is 0 Å². The second-order valence-corrected chi connectivity index (χ2v) is 6.85. The van der Waals surface area contributed by atoms with Crippen LogP contribution in [0.5, 0.6) is 0 Å². The van der Waals surface area contributed by atoms with Gasteiger partial charge < -0.3 is 16.0 Å². The molecular formula is C17H34ClN3O2. The third-order valence-corrected chi connectivity index (χ3v) is 5.09. The first-order valence-electron chi connectivity index (χ1n) is 8.67. The summed E-state index contributed by atoms with van der Waals surface area (Å²) in [5, 5.41) is 2.99. The summed E-state index contributed by atoms with van der Waals surface area (Å²) in [6.45, 7) is 10.5. The number of hydrogen-bond donors (Lipinski definition) is 2. The standard InChI is InChI=1S/C17H33N3O2.ClH/c1-5-17(6-2,12-18)16(22)20-9-7-8-14(11-20)10-19-15(21)13(3)4;/h13-14H,5-12,18H2,1-4H3,(H,19,21);1H. The van der Waals surface area contributed by atoms with Gasteiger partial charge in [-0.3, -0.25) is 9.59 Å². The van der Waals surface area contributed by atoms with E-state index in [1.807, 2.05) is 32.6 Å². The topological polar surface area (TPSA) is 75.4 Å². The van der Waals surface area contributed by atoms with Gasteiger partial charge in [-0.2, -0.15) is 0 Å². The van der Waals surface area contributed by atoms with E-state index < -0.39 is 5.41 Å². The van der Waals surface area contributed by atoms with Crippen molar-refractivity contribution < 1.29 is 9.59 Å². The van der Waals surface area contributed by atoms with Crippen LogP contribution in [0.3, 0.4) is 0 Å². The van der Waals surface area contributed by atoms with Crippen molar-refractivity contribution in [3.05, 3.63) is 0 Å². The molecule has 0 aromatic rings. The molecule has 0 aromatic carbocycles. The highest BCUT2D eigenvalue weighted by Gasteiger charge is 2.38. The van der Waals surface area contributed by atoms with E-state index in [4.69, 9.17) is 5.73 Å². The number of hydrogen-bond acceptors (Lipinski definition) is 3. The largest absolute Gasteiger partial charge is 0.356 e. The van der Waals surface area contributed by atoms with E-state index >= 15 is 0 Å². The third-order valence-electron chi connectivity index (χ3n) is 5.09. The van der Waals surface area contributed by atoms with Gasteiger partial charge in [-0.05, 0) is 31.6 Å². The Morgan fingerprint density at radius 3 is 2.39 bits per heavy atom. The average Bonchev–Trinajstić information content (AvgIpc) is 2.54. The summed E-state index contributed by atoms with van der Waals surface area (Å²) >= 11 is 0. The highest BCUT2D eigenvalue weighted by molar-refractivity contribution is 5.85. The molecule has 2 amide bonds. The van der Waals surface area contributed by atoms with Crippen LogP contribution < -0.4 is 11.1 Å². The first-order valence-corrected chi connectivity index (χ1v) is 8.67. The third kappa shape index (κ3) is 5.64. The highest BCUT2D eigenvalue weighted by Crippen LogP contribution is 2.30. The maximum absolute atomic E-state index is 12.9. The first kappa shape index (κ1) is 22.2. The van der Waals surface area contributed by atoms with Crippen molar-refractivity contribution in [1.82, 2.24) is 10.2 Å². The summed E-state index contributed by atoms with van der Waals surface area (Å²) in [7, 11) is 0. The lowest BCUT2D eigenvalue weighted by Gasteiger charge is -2.39. The zero-order valence-corrected chi connectivity index (χ0v) is 15.9. The zero-order valence-electron chi connectivity index (χ0n) is 15.1. The van der Waals surface area contributed by atoms with Gasteiger partial charge in [0.1, 0.15) is 0 Å². The van der Waals surface area contributed by atoms with E-state index in [0.717, 1.165) is 38.8 Å². The Bertz CT molecular complexity index is 376. The van der Waals surface area contributed by atoms with E-state index in [0.29, 0.717) is 19.0 Å². The van der Waals surface area contributed by atoms with Gasteiger partial charge in [0.2, 0.25) is 11.8 Å². The average molecular weight is 348 g/mol. The van der Waals surface area contributed by atoms with Crippen LogP contribution in [0.15, 0.2) is 0 Å². The molecule has 1 saturated heterocycles. The highest BCUT2D eigenvalue weighted by atomic mass is 35.5. The molecule has 1 fully saturated rings. The van der Waals surface area contributed by atoms with E-state index in [9.17, 15) is 9.59 Å². The minimum absolute atomic E-state index is 0. The van der Waals surface area contributed by atoms with Crippen molar-refractivity contribution in [1.29, 1.82) is 0 Å². The number of nitrogens with two attached hydrogens (primary N) is 1. The number of nitrogens with one attached hydrogen (secondary N) is 1. The SMILES string of the molecule is CCC(CC)(CN)C(=O)N1CCCC(CNC(=O)C(C)C)C1.Cl. The molecule has 0 saturated carbocycles. The Morgan fingerprint density at radius 2 is 1.91 bits per heavy atom. The fourth-order valence-corrected chi connectivity index (χ4v) is 3.13. The first-order chi connectivity index (χ1) is 10.4. The number of carbonyl (C=O) groups is 2. The molecule has 23 heavy (non-hydrogen) atoms. The molecule has 0 bridgehead atoms. The van der Waals surface area contributed by atoms with Crippen molar-refractivity contribution in [3.8, 4) is 0 Å². The van der Waals surface area contributed by atoms with Crippen LogP contribution in [0.4, 0.5) is 0 Å². The number of nitrogens with zero attached hydrogens (tertiary/aromatic N) is 1. The van der Waals surface area contributed by atoms with Gasteiger partial charge in [0, 0.05) is 32.1 Å². The fourth-order valence-electron chi connectivity index (χ4n) is 3.13. The molecule has 5 nitrogen and oxygen atoms in total. The van der Waals surface area contributed by atoms with Crippen LogP contribution in [0.2, 0.25) is 0 Å². The molecule has 136 valence electrons. The molecule has 1 aliphatic heterocycles. The lowest BCUT2D eigenvalue weighted by molar-refractivity contribution is -0.144. The van der Waals surface area contributed by atoms with E-state index in [-0.39, 0.29) is 30.1 Å². The van der Waals surface area contributed by atoms with Crippen molar-refractivity contribution in [2.24, 2.45) is 23.0 Å². The number of rotatable bonds is 7. The van der Waals surface area contributed by atoms with E-state index in [1.54, 1.807) is 0 Å². The Kier molecular flexibility index (Phi) is 9.78. The maximum atomic E-state index is 12.9. The fraction of sp³-hybridized carbons (Fsp3) is 0.882. The number of amides is 2. The molecule has 0 radical (unpaired) electrons. The summed E-state index contributed by atoms with van der Waals surface area (Å²) in [4.78, 5) is 26.5. The minimum atomic E-state index is -0.414.